The Bertz CT molecular complexity index is 600. The smallest absolute Gasteiger partial charge is 0.0992 e. The molecule has 0 aromatic heterocycles. The Balaban J connectivity index is 1.92. The van der Waals surface area contributed by atoms with E-state index in [0.717, 1.165) is 28.8 Å². The van der Waals surface area contributed by atoms with Crippen molar-refractivity contribution in [1.29, 1.82) is 5.26 Å². The van der Waals surface area contributed by atoms with E-state index in [1.165, 1.54) is 5.56 Å². The van der Waals surface area contributed by atoms with E-state index >= 15 is 0 Å². The molecule has 0 saturated heterocycles. The van der Waals surface area contributed by atoms with E-state index in [2.05, 4.69) is 27.3 Å². The predicted molar refractivity (Wildman–Crippen MR) is 81.9 cm³/mol. The molecule has 0 radical (unpaired) electrons. The number of halogens is 1. The first-order valence-electron chi connectivity index (χ1n) is 5.97. The van der Waals surface area contributed by atoms with Gasteiger partial charge in [-0.2, -0.15) is 5.26 Å². The maximum absolute atomic E-state index is 8.80. The SMILES string of the molecule is N#Cc1ccc(NCCc2ccc(N)cc2)c(Br)c1. The second kappa shape index (κ2) is 6.26. The Kier molecular flexibility index (Phi) is 4.43. The van der Waals surface area contributed by atoms with E-state index in [1.807, 2.05) is 36.4 Å². The number of nitrogen functional groups attached to an aromatic ring is 1. The number of rotatable bonds is 4. The summed E-state index contributed by atoms with van der Waals surface area (Å²) >= 11 is 3.45. The average molecular weight is 316 g/mol. The number of nitrogens with zero attached hydrogens (tertiary/aromatic N) is 1. The monoisotopic (exact) mass is 315 g/mol. The van der Waals surface area contributed by atoms with Crippen LogP contribution in [0.25, 0.3) is 0 Å². The van der Waals surface area contributed by atoms with Crippen LogP contribution in [0.2, 0.25) is 0 Å². The molecule has 0 bridgehead atoms. The van der Waals surface area contributed by atoms with Crippen LogP contribution in [0.3, 0.4) is 0 Å². The summed E-state index contributed by atoms with van der Waals surface area (Å²) in [5.74, 6) is 0. The Morgan fingerprint density at radius 2 is 1.89 bits per heavy atom. The van der Waals surface area contributed by atoms with E-state index in [4.69, 9.17) is 11.0 Å². The maximum Gasteiger partial charge on any atom is 0.0992 e. The van der Waals surface area contributed by atoms with Crippen molar-refractivity contribution in [2.75, 3.05) is 17.6 Å². The molecule has 0 aliphatic heterocycles. The lowest BCUT2D eigenvalue weighted by Crippen LogP contribution is -2.05. The average Bonchev–Trinajstić information content (AvgIpc) is 2.42. The first-order valence-corrected chi connectivity index (χ1v) is 6.76. The van der Waals surface area contributed by atoms with Gasteiger partial charge < -0.3 is 11.1 Å². The number of benzene rings is 2. The van der Waals surface area contributed by atoms with Crippen molar-refractivity contribution >= 4 is 27.3 Å². The molecule has 4 heteroatoms. The summed E-state index contributed by atoms with van der Waals surface area (Å²) in [5.41, 5.74) is 9.32. The molecule has 0 unspecified atom stereocenters. The Labute approximate surface area is 121 Å². The summed E-state index contributed by atoms with van der Waals surface area (Å²) in [4.78, 5) is 0. The second-order valence-corrected chi connectivity index (χ2v) is 5.08. The number of anilines is 2. The lowest BCUT2D eigenvalue weighted by molar-refractivity contribution is 1.02. The molecule has 0 spiro atoms. The first-order chi connectivity index (χ1) is 9.19. The van der Waals surface area contributed by atoms with Gasteiger partial charge in [0.15, 0.2) is 0 Å². The molecule has 0 aliphatic rings. The van der Waals surface area contributed by atoms with E-state index in [1.54, 1.807) is 6.07 Å². The highest BCUT2D eigenvalue weighted by Crippen LogP contribution is 2.23. The number of hydrogen-bond acceptors (Lipinski definition) is 3. The zero-order chi connectivity index (χ0) is 13.7. The Morgan fingerprint density at radius 1 is 1.16 bits per heavy atom. The second-order valence-electron chi connectivity index (χ2n) is 4.22. The quantitative estimate of drug-likeness (QED) is 0.848. The minimum atomic E-state index is 0.649. The molecular weight excluding hydrogens is 302 g/mol. The van der Waals surface area contributed by atoms with Gasteiger partial charge in [0.1, 0.15) is 0 Å². The van der Waals surface area contributed by atoms with Crippen LogP contribution in [-0.4, -0.2) is 6.54 Å². The standard InChI is InChI=1S/C15H14BrN3/c16-14-9-12(10-17)3-6-15(14)19-8-7-11-1-4-13(18)5-2-11/h1-6,9,19H,7-8,18H2. The number of hydrogen-bond donors (Lipinski definition) is 2. The highest BCUT2D eigenvalue weighted by Gasteiger charge is 2.01. The largest absolute Gasteiger partial charge is 0.399 e. The lowest BCUT2D eigenvalue weighted by atomic mass is 10.1. The van der Waals surface area contributed by atoms with Gasteiger partial charge in [0, 0.05) is 22.4 Å². The van der Waals surface area contributed by atoms with E-state index < -0.39 is 0 Å². The number of nitriles is 1. The fourth-order valence-electron chi connectivity index (χ4n) is 1.75. The van der Waals surface area contributed by atoms with Crippen LogP contribution in [0.4, 0.5) is 11.4 Å². The van der Waals surface area contributed by atoms with Crippen LogP contribution < -0.4 is 11.1 Å². The van der Waals surface area contributed by atoms with Crippen molar-refractivity contribution in [3.63, 3.8) is 0 Å². The van der Waals surface area contributed by atoms with Gasteiger partial charge in [0.05, 0.1) is 11.6 Å². The zero-order valence-electron chi connectivity index (χ0n) is 10.4. The zero-order valence-corrected chi connectivity index (χ0v) is 11.9. The molecule has 0 saturated carbocycles. The molecule has 19 heavy (non-hydrogen) atoms. The van der Waals surface area contributed by atoms with Crippen molar-refractivity contribution in [3.05, 3.63) is 58.1 Å². The van der Waals surface area contributed by atoms with Gasteiger partial charge in [-0.15, -0.1) is 0 Å². The molecule has 0 heterocycles. The summed E-state index contributed by atoms with van der Waals surface area (Å²) in [6.07, 6.45) is 0.923. The van der Waals surface area contributed by atoms with Crippen LogP contribution in [0.5, 0.6) is 0 Å². The normalized spacial score (nSPS) is 9.89. The van der Waals surface area contributed by atoms with Crippen molar-refractivity contribution < 1.29 is 0 Å². The van der Waals surface area contributed by atoms with Gasteiger partial charge in [-0.3, -0.25) is 0 Å². The van der Waals surface area contributed by atoms with Gasteiger partial charge in [-0.05, 0) is 58.2 Å². The fraction of sp³-hybridized carbons (Fsp3) is 0.133. The van der Waals surface area contributed by atoms with Gasteiger partial charge in [0.2, 0.25) is 0 Å². The molecule has 96 valence electrons. The minimum absolute atomic E-state index is 0.649. The first kappa shape index (κ1) is 13.4. The van der Waals surface area contributed by atoms with Gasteiger partial charge in [-0.1, -0.05) is 12.1 Å². The van der Waals surface area contributed by atoms with Gasteiger partial charge in [0.25, 0.3) is 0 Å². The molecule has 0 fully saturated rings. The van der Waals surface area contributed by atoms with E-state index in [-0.39, 0.29) is 0 Å². The van der Waals surface area contributed by atoms with Crippen LogP contribution in [0, 0.1) is 11.3 Å². The molecule has 0 atom stereocenters. The van der Waals surface area contributed by atoms with Crippen LogP contribution in [-0.2, 0) is 6.42 Å². The van der Waals surface area contributed by atoms with Crippen LogP contribution >= 0.6 is 15.9 Å². The fourth-order valence-corrected chi connectivity index (χ4v) is 2.27. The predicted octanol–water partition coefficient (Wildman–Crippen LogP) is 3.56. The molecule has 3 N–H and O–H groups in total. The summed E-state index contributed by atoms with van der Waals surface area (Å²) < 4.78 is 0.906. The third kappa shape index (κ3) is 3.73. The van der Waals surface area contributed by atoms with Crippen molar-refractivity contribution in [2.24, 2.45) is 0 Å². The maximum atomic E-state index is 8.80. The van der Waals surface area contributed by atoms with Crippen molar-refractivity contribution in [1.82, 2.24) is 0 Å². The Morgan fingerprint density at radius 3 is 2.53 bits per heavy atom. The third-order valence-corrected chi connectivity index (χ3v) is 3.46. The summed E-state index contributed by atoms with van der Waals surface area (Å²) in [5, 5.41) is 12.1. The van der Waals surface area contributed by atoms with E-state index in [9.17, 15) is 0 Å². The molecule has 2 aromatic rings. The minimum Gasteiger partial charge on any atom is -0.399 e. The highest BCUT2D eigenvalue weighted by atomic mass is 79.9. The van der Waals surface area contributed by atoms with Crippen LogP contribution in [0.1, 0.15) is 11.1 Å². The van der Waals surface area contributed by atoms with Gasteiger partial charge in [-0.25, -0.2) is 0 Å². The number of nitrogens with two attached hydrogens (primary N) is 1. The molecule has 3 nitrogen and oxygen atoms in total. The van der Waals surface area contributed by atoms with Gasteiger partial charge >= 0.3 is 0 Å². The Hall–Kier alpha value is -1.99. The third-order valence-electron chi connectivity index (χ3n) is 2.81. The molecule has 2 rings (SSSR count). The number of nitrogens with one attached hydrogen (secondary N) is 1. The highest BCUT2D eigenvalue weighted by molar-refractivity contribution is 9.10. The summed E-state index contributed by atoms with van der Waals surface area (Å²) in [6, 6.07) is 15.5. The van der Waals surface area contributed by atoms with E-state index in [0.29, 0.717) is 5.56 Å². The lowest BCUT2D eigenvalue weighted by Gasteiger charge is -2.09. The van der Waals surface area contributed by atoms with Crippen LogP contribution in [0.15, 0.2) is 46.9 Å². The molecule has 2 aromatic carbocycles. The summed E-state index contributed by atoms with van der Waals surface area (Å²) in [7, 11) is 0. The topological polar surface area (TPSA) is 61.8 Å². The molecular formula is C15H14BrN3. The van der Waals surface area contributed by atoms with Crippen molar-refractivity contribution in [2.45, 2.75) is 6.42 Å². The molecule has 0 aliphatic carbocycles. The molecule has 0 amide bonds. The van der Waals surface area contributed by atoms with Crippen molar-refractivity contribution in [3.8, 4) is 6.07 Å². The summed E-state index contributed by atoms with van der Waals surface area (Å²) in [6.45, 7) is 0.828.